The normalized spacial score (nSPS) is 10.6. The van der Waals surface area contributed by atoms with Crippen LogP contribution in [0.25, 0.3) is 0 Å². The van der Waals surface area contributed by atoms with E-state index >= 15 is 0 Å². The molecule has 0 unspecified atom stereocenters. The first-order valence-electron chi connectivity index (χ1n) is 8.04. The summed E-state index contributed by atoms with van der Waals surface area (Å²) in [6.07, 6.45) is 1.92. The van der Waals surface area contributed by atoms with E-state index in [-0.39, 0.29) is 11.8 Å². The Morgan fingerprint density at radius 3 is 2.44 bits per heavy atom. The number of hydrogen-bond donors (Lipinski definition) is 0. The van der Waals surface area contributed by atoms with Crippen LogP contribution in [0.5, 0.6) is 0 Å². The van der Waals surface area contributed by atoms with Crippen molar-refractivity contribution in [2.75, 3.05) is 13.3 Å². The fourth-order valence-corrected chi connectivity index (χ4v) is 3.06. The van der Waals surface area contributed by atoms with Gasteiger partial charge in [0.1, 0.15) is 10.9 Å². The second-order valence-electron chi connectivity index (χ2n) is 6.18. The molecule has 0 atom stereocenters. The number of thioether (sulfide) groups is 1. The Morgan fingerprint density at radius 2 is 1.92 bits per heavy atom. The summed E-state index contributed by atoms with van der Waals surface area (Å²) in [5.74, 6) is 0.875. The van der Waals surface area contributed by atoms with Gasteiger partial charge in [-0.15, -0.1) is 11.8 Å². The summed E-state index contributed by atoms with van der Waals surface area (Å²) in [6.45, 7) is 6.40. The van der Waals surface area contributed by atoms with Crippen LogP contribution in [-0.4, -0.2) is 34.1 Å². The number of aromatic nitrogens is 2. The van der Waals surface area contributed by atoms with Crippen molar-refractivity contribution >= 4 is 17.7 Å². The van der Waals surface area contributed by atoms with E-state index in [0.717, 1.165) is 11.4 Å². The molecule has 25 heavy (non-hydrogen) atoms. The summed E-state index contributed by atoms with van der Waals surface area (Å²) in [6, 6.07) is 9.33. The molecule has 0 saturated carbocycles. The molecule has 0 aliphatic heterocycles. The van der Waals surface area contributed by atoms with E-state index in [1.165, 1.54) is 11.8 Å². The molecule has 2 aromatic rings. The predicted molar refractivity (Wildman–Crippen MR) is 99.6 cm³/mol. The van der Waals surface area contributed by atoms with Crippen molar-refractivity contribution in [3.8, 4) is 6.07 Å². The number of nitrogens with zero attached hydrogens (tertiary/aromatic N) is 4. The summed E-state index contributed by atoms with van der Waals surface area (Å²) in [5, 5.41) is 9.58. The number of nitriles is 1. The lowest BCUT2D eigenvalue weighted by Crippen LogP contribution is -2.28. The zero-order valence-corrected chi connectivity index (χ0v) is 16.0. The molecule has 0 saturated heterocycles. The van der Waals surface area contributed by atoms with E-state index in [1.807, 2.05) is 39.2 Å². The van der Waals surface area contributed by atoms with Crippen LogP contribution < -0.4 is 0 Å². The SMILES string of the molecule is CSc1nc(C(C)C)nc(C)c1C(=O)N(C)Cc1ccc(C#N)cc1. The molecule has 0 bridgehead atoms. The first-order valence-corrected chi connectivity index (χ1v) is 9.26. The van der Waals surface area contributed by atoms with Gasteiger partial charge < -0.3 is 4.90 Å². The molecule has 1 amide bonds. The topological polar surface area (TPSA) is 69.9 Å². The first kappa shape index (κ1) is 18.9. The average molecular weight is 354 g/mol. The number of hydrogen-bond acceptors (Lipinski definition) is 5. The summed E-state index contributed by atoms with van der Waals surface area (Å²) < 4.78 is 0. The number of benzene rings is 1. The Morgan fingerprint density at radius 1 is 1.28 bits per heavy atom. The molecular formula is C19H22N4OS. The predicted octanol–water partition coefficient (Wildman–Crippen LogP) is 3.77. The third-order valence-electron chi connectivity index (χ3n) is 3.85. The van der Waals surface area contributed by atoms with Crippen LogP contribution in [0, 0.1) is 18.3 Å². The fraction of sp³-hybridized carbons (Fsp3) is 0.368. The highest BCUT2D eigenvalue weighted by Crippen LogP contribution is 2.24. The van der Waals surface area contributed by atoms with Crippen molar-refractivity contribution in [1.82, 2.24) is 14.9 Å². The minimum Gasteiger partial charge on any atom is -0.337 e. The smallest absolute Gasteiger partial charge is 0.258 e. The van der Waals surface area contributed by atoms with Crippen LogP contribution in [-0.2, 0) is 6.54 Å². The van der Waals surface area contributed by atoms with Crippen LogP contribution in [0.15, 0.2) is 29.3 Å². The van der Waals surface area contributed by atoms with Gasteiger partial charge in [-0.3, -0.25) is 4.79 Å². The summed E-state index contributed by atoms with van der Waals surface area (Å²) in [5.41, 5.74) is 2.85. The minimum atomic E-state index is -0.0958. The van der Waals surface area contributed by atoms with E-state index in [9.17, 15) is 4.79 Å². The number of amides is 1. The fourth-order valence-electron chi connectivity index (χ4n) is 2.44. The molecule has 0 N–H and O–H groups in total. The molecule has 0 fully saturated rings. The number of aryl methyl sites for hydroxylation is 1. The van der Waals surface area contributed by atoms with Crippen LogP contribution in [0.1, 0.15) is 52.8 Å². The van der Waals surface area contributed by atoms with Crippen molar-refractivity contribution in [2.45, 2.75) is 38.3 Å². The molecule has 1 aromatic carbocycles. The standard InChI is InChI=1S/C19H22N4OS/c1-12(2)17-21-13(3)16(18(22-17)25-5)19(24)23(4)11-15-8-6-14(10-20)7-9-15/h6-9,12H,11H2,1-5H3. The zero-order chi connectivity index (χ0) is 18.6. The maximum atomic E-state index is 12.9. The van der Waals surface area contributed by atoms with E-state index in [1.54, 1.807) is 24.1 Å². The highest BCUT2D eigenvalue weighted by molar-refractivity contribution is 7.98. The number of carbonyl (C=O) groups excluding carboxylic acids is 1. The van der Waals surface area contributed by atoms with Gasteiger partial charge in [-0.05, 0) is 30.9 Å². The highest BCUT2D eigenvalue weighted by atomic mass is 32.2. The molecule has 2 rings (SSSR count). The molecule has 1 heterocycles. The molecule has 0 aliphatic rings. The van der Waals surface area contributed by atoms with Crippen molar-refractivity contribution < 1.29 is 4.79 Å². The van der Waals surface area contributed by atoms with Crippen molar-refractivity contribution in [3.05, 3.63) is 52.5 Å². The Labute approximate surface area is 153 Å². The van der Waals surface area contributed by atoms with Crippen molar-refractivity contribution in [3.63, 3.8) is 0 Å². The Bertz CT molecular complexity index is 809. The van der Waals surface area contributed by atoms with Gasteiger partial charge >= 0.3 is 0 Å². The van der Waals surface area contributed by atoms with Gasteiger partial charge in [-0.2, -0.15) is 5.26 Å². The van der Waals surface area contributed by atoms with Crippen molar-refractivity contribution in [2.24, 2.45) is 0 Å². The highest BCUT2D eigenvalue weighted by Gasteiger charge is 2.22. The Kier molecular flexibility index (Phi) is 6.16. The minimum absolute atomic E-state index is 0.0958. The van der Waals surface area contributed by atoms with Gasteiger partial charge in [-0.25, -0.2) is 9.97 Å². The van der Waals surface area contributed by atoms with E-state index < -0.39 is 0 Å². The van der Waals surface area contributed by atoms with E-state index in [0.29, 0.717) is 28.4 Å². The van der Waals surface area contributed by atoms with Crippen LogP contribution in [0.3, 0.4) is 0 Å². The lowest BCUT2D eigenvalue weighted by atomic mass is 10.1. The number of carbonyl (C=O) groups is 1. The van der Waals surface area contributed by atoms with Gasteiger partial charge in [0.2, 0.25) is 0 Å². The van der Waals surface area contributed by atoms with Crippen LogP contribution in [0.2, 0.25) is 0 Å². The Balaban J connectivity index is 2.28. The quantitative estimate of drug-likeness (QED) is 0.604. The molecule has 130 valence electrons. The molecule has 0 spiro atoms. The molecule has 0 radical (unpaired) electrons. The maximum Gasteiger partial charge on any atom is 0.258 e. The average Bonchev–Trinajstić information content (AvgIpc) is 2.60. The Hall–Kier alpha value is -2.39. The summed E-state index contributed by atoms with van der Waals surface area (Å²) >= 11 is 1.46. The monoisotopic (exact) mass is 354 g/mol. The second kappa shape index (κ2) is 8.13. The first-order chi connectivity index (χ1) is 11.9. The third kappa shape index (κ3) is 4.37. The zero-order valence-electron chi connectivity index (χ0n) is 15.2. The number of rotatable bonds is 5. The van der Waals surface area contributed by atoms with Gasteiger partial charge in [0.15, 0.2) is 0 Å². The molecule has 1 aromatic heterocycles. The largest absolute Gasteiger partial charge is 0.337 e. The van der Waals surface area contributed by atoms with Crippen molar-refractivity contribution in [1.29, 1.82) is 5.26 Å². The third-order valence-corrected chi connectivity index (χ3v) is 4.53. The maximum absolute atomic E-state index is 12.9. The van der Waals surface area contributed by atoms with Gasteiger partial charge in [0.25, 0.3) is 5.91 Å². The van der Waals surface area contributed by atoms with Gasteiger partial charge in [0, 0.05) is 19.5 Å². The van der Waals surface area contributed by atoms with Crippen LogP contribution >= 0.6 is 11.8 Å². The lowest BCUT2D eigenvalue weighted by Gasteiger charge is -2.20. The van der Waals surface area contributed by atoms with Gasteiger partial charge in [-0.1, -0.05) is 26.0 Å². The summed E-state index contributed by atoms with van der Waals surface area (Å²) in [4.78, 5) is 23.6. The van der Waals surface area contributed by atoms with Crippen LogP contribution in [0.4, 0.5) is 0 Å². The lowest BCUT2D eigenvalue weighted by molar-refractivity contribution is 0.0779. The molecule has 5 nitrogen and oxygen atoms in total. The van der Waals surface area contributed by atoms with E-state index in [4.69, 9.17) is 5.26 Å². The molecule has 0 aliphatic carbocycles. The van der Waals surface area contributed by atoms with E-state index in [2.05, 4.69) is 16.0 Å². The second-order valence-corrected chi connectivity index (χ2v) is 6.97. The summed E-state index contributed by atoms with van der Waals surface area (Å²) in [7, 11) is 1.76. The molecular weight excluding hydrogens is 332 g/mol. The molecule has 6 heteroatoms. The van der Waals surface area contributed by atoms with Gasteiger partial charge in [0.05, 0.1) is 22.9 Å².